The first-order valence-electron chi connectivity index (χ1n) is 14.1. The summed E-state index contributed by atoms with van der Waals surface area (Å²) in [5.74, 6) is 2.42. The summed E-state index contributed by atoms with van der Waals surface area (Å²) in [7, 11) is 0. The van der Waals surface area contributed by atoms with Crippen molar-refractivity contribution in [1.82, 2.24) is 9.58 Å². The van der Waals surface area contributed by atoms with Crippen LogP contribution in [-0.4, -0.2) is 35.3 Å². The maximum absolute atomic E-state index is 14.2. The molecular weight excluding hydrogens is 534 g/mol. The highest BCUT2D eigenvalue weighted by atomic mass is 32.2. The van der Waals surface area contributed by atoms with Crippen LogP contribution in [0.2, 0.25) is 0 Å². The molecule has 0 spiro atoms. The molecule has 3 aromatic carbocycles. The molecule has 0 unspecified atom stereocenters. The Kier molecular flexibility index (Phi) is 5.84. The van der Waals surface area contributed by atoms with Gasteiger partial charge in [-0.05, 0) is 47.1 Å². The van der Waals surface area contributed by atoms with Crippen molar-refractivity contribution < 1.29 is 14.3 Å². The molecule has 4 aliphatic rings. The average molecular weight is 564 g/mol. The summed E-state index contributed by atoms with van der Waals surface area (Å²) in [6, 6.07) is 25.8. The number of ether oxygens (including phenoxy) is 2. The molecule has 0 saturated heterocycles. The zero-order chi connectivity index (χ0) is 27.5. The molecule has 0 N–H and O–H groups in total. The second kappa shape index (κ2) is 9.73. The quantitative estimate of drug-likeness (QED) is 0.341. The molecule has 1 aliphatic carbocycles. The van der Waals surface area contributed by atoms with Gasteiger partial charge < -0.3 is 14.4 Å². The normalized spacial score (nSPS) is 22.1. The Labute approximate surface area is 242 Å². The number of nitrogens with zero attached hydrogens (tertiary/aromatic N) is 3. The van der Waals surface area contributed by atoms with Gasteiger partial charge >= 0.3 is 0 Å². The van der Waals surface area contributed by atoms with Gasteiger partial charge in [-0.1, -0.05) is 60.7 Å². The van der Waals surface area contributed by atoms with E-state index in [1.807, 2.05) is 51.7 Å². The van der Waals surface area contributed by atoms with E-state index >= 15 is 0 Å². The van der Waals surface area contributed by atoms with Crippen molar-refractivity contribution in [2.75, 3.05) is 24.8 Å². The summed E-state index contributed by atoms with van der Waals surface area (Å²) in [6.07, 6.45) is 2.76. The first-order chi connectivity index (χ1) is 20.2. The van der Waals surface area contributed by atoms with Gasteiger partial charge in [0.1, 0.15) is 25.1 Å². The minimum atomic E-state index is -0.294. The molecule has 206 valence electrons. The summed E-state index contributed by atoms with van der Waals surface area (Å²) >= 11 is 1.82. The van der Waals surface area contributed by atoms with E-state index in [0.717, 1.165) is 34.6 Å². The van der Waals surface area contributed by atoms with Crippen molar-refractivity contribution in [3.05, 3.63) is 123 Å². The van der Waals surface area contributed by atoms with Gasteiger partial charge in [-0.2, -0.15) is 0 Å². The molecule has 1 amide bonds. The number of hydrogen-bond donors (Lipinski definition) is 0. The van der Waals surface area contributed by atoms with Crippen molar-refractivity contribution in [2.45, 2.75) is 29.7 Å². The van der Waals surface area contributed by atoms with Gasteiger partial charge in [0.15, 0.2) is 11.4 Å². The molecule has 1 fully saturated rings. The van der Waals surface area contributed by atoms with E-state index in [-0.39, 0.29) is 35.4 Å². The molecule has 3 atom stereocenters. The highest BCUT2D eigenvalue weighted by Gasteiger charge is 2.45. The molecule has 4 aromatic rings. The highest BCUT2D eigenvalue weighted by Crippen LogP contribution is 2.48. The maximum atomic E-state index is 14.2. The average Bonchev–Trinajstić information content (AvgIpc) is 3.77. The van der Waals surface area contributed by atoms with E-state index in [1.54, 1.807) is 6.20 Å². The van der Waals surface area contributed by atoms with Crippen LogP contribution >= 0.6 is 11.8 Å². The number of carbonyl (C=O) groups excluding carboxylic acids is 1. The Morgan fingerprint density at radius 3 is 2.68 bits per heavy atom. The zero-order valence-corrected chi connectivity index (χ0v) is 23.3. The molecule has 4 heterocycles. The van der Waals surface area contributed by atoms with Crippen molar-refractivity contribution >= 4 is 17.7 Å². The van der Waals surface area contributed by atoms with Gasteiger partial charge in [0.05, 0.1) is 6.61 Å². The predicted octanol–water partition coefficient (Wildman–Crippen LogP) is 5.20. The van der Waals surface area contributed by atoms with E-state index in [1.165, 1.54) is 16.5 Å². The largest absolute Gasteiger partial charge is 0.493 e. The fraction of sp³-hybridized carbons (Fsp3) is 0.273. The second-order valence-electron chi connectivity index (χ2n) is 11.2. The van der Waals surface area contributed by atoms with Crippen LogP contribution in [0.25, 0.3) is 0 Å². The lowest BCUT2D eigenvalue weighted by molar-refractivity contribution is 0.0664. The van der Waals surface area contributed by atoms with E-state index in [4.69, 9.17) is 9.47 Å². The summed E-state index contributed by atoms with van der Waals surface area (Å²) in [5, 5.41) is 2.21. The molecule has 7 nitrogen and oxygen atoms in total. The molecule has 0 radical (unpaired) electrons. The van der Waals surface area contributed by atoms with Crippen molar-refractivity contribution in [3.8, 4) is 11.5 Å². The molecule has 8 rings (SSSR count). The standard InChI is InChI=1S/C33H29N3O4S/c37-26-13-14-35-31(32(26)40-17-21-7-2-1-3-8-21)33(38)34-16-23-15-24(23)18-39-27-11-6-9-22-19-41-28-12-5-4-10-25(28)30(29(22)27)36(35)20-34/h1-14,23-24,30H,15-20H2/t23-,24-,30+/m1/s1. The number of rotatable bonds is 3. The van der Waals surface area contributed by atoms with Gasteiger partial charge in [0.25, 0.3) is 5.91 Å². The van der Waals surface area contributed by atoms with E-state index in [9.17, 15) is 9.59 Å². The highest BCUT2D eigenvalue weighted by molar-refractivity contribution is 7.98. The molecule has 2 bridgehead atoms. The lowest BCUT2D eigenvalue weighted by atomic mass is 9.93. The number of aromatic nitrogens is 1. The van der Waals surface area contributed by atoms with Crippen LogP contribution in [0.5, 0.6) is 11.5 Å². The fourth-order valence-electron chi connectivity index (χ4n) is 6.42. The number of pyridine rings is 1. The first-order valence-corrected chi connectivity index (χ1v) is 15.1. The fourth-order valence-corrected chi connectivity index (χ4v) is 7.50. The van der Waals surface area contributed by atoms with Gasteiger partial charge in [0.2, 0.25) is 5.43 Å². The molecule has 1 aromatic heterocycles. The molecule has 1 saturated carbocycles. The first kappa shape index (κ1) is 24.6. The Bertz CT molecular complexity index is 1720. The smallest absolute Gasteiger partial charge is 0.277 e. The summed E-state index contributed by atoms with van der Waals surface area (Å²) in [4.78, 5) is 30.6. The number of amides is 1. The Hall–Kier alpha value is -4.17. The van der Waals surface area contributed by atoms with Gasteiger partial charge in [-0.15, -0.1) is 11.8 Å². The summed E-state index contributed by atoms with van der Waals surface area (Å²) in [6.45, 7) is 1.86. The van der Waals surface area contributed by atoms with Crippen LogP contribution in [0.1, 0.15) is 45.2 Å². The topological polar surface area (TPSA) is 64.0 Å². The third kappa shape index (κ3) is 4.20. The van der Waals surface area contributed by atoms with Gasteiger partial charge in [-0.3, -0.25) is 19.3 Å². The molecule has 8 heteroatoms. The predicted molar refractivity (Wildman–Crippen MR) is 157 cm³/mol. The van der Waals surface area contributed by atoms with Crippen molar-refractivity contribution in [3.63, 3.8) is 0 Å². The summed E-state index contributed by atoms with van der Waals surface area (Å²) < 4.78 is 14.6. The van der Waals surface area contributed by atoms with Gasteiger partial charge in [0, 0.05) is 35.0 Å². The second-order valence-corrected chi connectivity index (χ2v) is 12.2. The Balaban J connectivity index is 1.34. The molecule has 41 heavy (non-hydrogen) atoms. The number of carbonyl (C=O) groups is 1. The number of fused-ring (bicyclic) bond motifs is 8. The minimum absolute atomic E-state index is 0.0966. The lowest BCUT2D eigenvalue weighted by Crippen LogP contribution is -2.56. The van der Waals surface area contributed by atoms with Crippen LogP contribution < -0.4 is 19.9 Å². The minimum Gasteiger partial charge on any atom is -0.493 e. The monoisotopic (exact) mass is 563 g/mol. The van der Waals surface area contributed by atoms with E-state index < -0.39 is 0 Å². The van der Waals surface area contributed by atoms with Crippen molar-refractivity contribution in [1.29, 1.82) is 0 Å². The van der Waals surface area contributed by atoms with E-state index in [2.05, 4.69) is 47.5 Å². The zero-order valence-electron chi connectivity index (χ0n) is 22.4. The number of benzene rings is 3. The molecular formula is C33H29N3O4S. The van der Waals surface area contributed by atoms with Crippen LogP contribution in [0, 0.1) is 11.8 Å². The van der Waals surface area contributed by atoms with E-state index in [0.29, 0.717) is 31.7 Å². The van der Waals surface area contributed by atoms with Crippen LogP contribution in [0.4, 0.5) is 0 Å². The van der Waals surface area contributed by atoms with Gasteiger partial charge in [-0.25, -0.2) is 0 Å². The molecule has 3 aliphatic heterocycles. The van der Waals surface area contributed by atoms with Crippen LogP contribution in [0.15, 0.2) is 94.7 Å². The third-order valence-electron chi connectivity index (χ3n) is 8.64. The third-order valence-corrected chi connectivity index (χ3v) is 9.78. The number of thioether (sulfide) groups is 1. The number of hydrogen-bond acceptors (Lipinski definition) is 6. The summed E-state index contributed by atoms with van der Waals surface area (Å²) in [5.41, 5.74) is 4.41. The SMILES string of the molecule is O=C1c2c(OCc3ccccc3)c(=O)ccn2N2CN1C[C@H]1C[C@@H]1COc1cccc3c1[C@@H]2c1ccccc1SC3. The maximum Gasteiger partial charge on any atom is 0.277 e. The Morgan fingerprint density at radius 1 is 0.927 bits per heavy atom. The van der Waals surface area contributed by atoms with Crippen LogP contribution in [-0.2, 0) is 12.4 Å². The van der Waals surface area contributed by atoms with Crippen LogP contribution in [0.3, 0.4) is 0 Å². The lowest BCUT2D eigenvalue weighted by Gasteiger charge is -2.44. The Morgan fingerprint density at radius 2 is 1.78 bits per heavy atom. The van der Waals surface area contributed by atoms with Crippen molar-refractivity contribution in [2.24, 2.45) is 11.8 Å².